The second kappa shape index (κ2) is 24.9. The number of hydrogen-bond donors (Lipinski definition) is 24. The average molecular weight is 1400 g/mol. The van der Waals surface area contributed by atoms with Gasteiger partial charge in [-0.05, 0) is 72.8 Å². The highest BCUT2D eigenvalue weighted by Gasteiger charge is 2.45. The number of carbonyl (C=O) groups is 3. The molecule has 0 fully saturated rings. The minimum absolute atomic E-state index is 0.295. The Hall–Kier alpha value is -14.0. The van der Waals surface area contributed by atoms with Gasteiger partial charge in [-0.2, -0.15) is 0 Å². The minimum Gasteiger partial charge on any atom is -0.507 e. The van der Waals surface area contributed by atoms with Crippen molar-refractivity contribution in [2.75, 3.05) is 0 Å². The van der Waals surface area contributed by atoms with Gasteiger partial charge in [0.15, 0.2) is 122 Å². The van der Waals surface area contributed by atoms with Crippen molar-refractivity contribution in [2.45, 2.75) is 68.7 Å². The van der Waals surface area contributed by atoms with Crippen LogP contribution in [-0.4, -0.2) is 159 Å². The lowest BCUT2D eigenvalue weighted by Crippen LogP contribution is -2.36. The number of esters is 3. The Bertz CT molecular complexity index is 4860. The third kappa shape index (κ3) is 11.9. The Labute approximate surface area is 562 Å². The van der Waals surface area contributed by atoms with Crippen molar-refractivity contribution >= 4 is 17.9 Å². The van der Waals surface area contributed by atoms with Gasteiger partial charge in [-0.3, -0.25) is 0 Å². The second-order valence-electron chi connectivity index (χ2n) is 23.6. The van der Waals surface area contributed by atoms with Crippen molar-refractivity contribution in [3.63, 3.8) is 0 Å². The van der Waals surface area contributed by atoms with E-state index in [1.165, 1.54) is 0 Å². The molecule has 0 saturated heterocycles. The van der Waals surface area contributed by atoms with Crippen molar-refractivity contribution in [1.29, 1.82) is 0 Å². The molecule has 0 saturated carbocycles. The van der Waals surface area contributed by atoms with E-state index in [-0.39, 0.29) is 27.8 Å². The van der Waals surface area contributed by atoms with E-state index in [1.807, 2.05) is 0 Å². The van der Waals surface area contributed by atoms with Crippen LogP contribution < -0.4 is 14.2 Å². The Morgan fingerprint density at radius 3 is 0.782 bits per heavy atom. The molecule has 0 radical (unpaired) electrons. The summed E-state index contributed by atoms with van der Waals surface area (Å²) in [6.45, 7) is 0. The summed E-state index contributed by atoms with van der Waals surface area (Å²) in [5, 5.41) is 261. The molecule has 33 nitrogen and oxygen atoms in total. The van der Waals surface area contributed by atoms with Crippen molar-refractivity contribution in [3.8, 4) is 155 Å². The molecule has 0 amide bonds. The van der Waals surface area contributed by atoms with Gasteiger partial charge in [0, 0.05) is 99.9 Å². The van der Waals surface area contributed by atoms with Crippen LogP contribution in [0.1, 0.15) is 105 Å². The molecule has 6 atom stereocenters. The average Bonchev–Trinajstić information content (AvgIpc) is 0.739. The molecule has 3 aliphatic heterocycles. The van der Waals surface area contributed by atoms with Gasteiger partial charge in [0.2, 0.25) is 0 Å². The van der Waals surface area contributed by atoms with Gasteiger partial charge < -0.3 is 151 Å². The third-order valence-electron chi connectivity index (χ3n) is 17.2. The van der Waals surface area contributed by atoms with Crippen molar-refractivity contribution in [3.05, 3.63) is 157 Å². The maximum atomic E-state index is 14.2. The van der Waals surface area contributed by atoms with E-state index >= 15 is 0 Å². The molecule has 0 aliphatic carbocycles. The monoisotopic (exact) mass is 1400 g/mol. The molecular formula is C68H54O33. The molecule has 101 heavy (non-hydrogen) atoms. The van der Waals surface area contributed by atoms with Crippen LogP contribution in [0.2, 0.25) is 0 Å². The Balaban J connectivity index is 1.04. The fourth-order valence-corrected chi connectivity index (χ4v) is 12.2. The van der Waals surface area contributed by atoms with Gasteiger partial charge in [-0.15, -0.1) is 0 Å². The van der Waals surface area contributed by atoms with Crippen LogP contribution in [0.25, 0.3) is 0 Å². The number of benzene rings is 9. The van der Waals surface area contributed by atoms with Gasteiger partial charge in [0.1, 0.15) is 70.1 Å². The first-order valence-corrected chi connectivity index (χ1v) is 29.5. The van der Waals surface area contributed by atoms with Gasteiger partial charge >= 0.3 is 17.9 Å². The van der Waals surface area contributed by atoms with Crippen LogP contribution in [0.4, 0.5) is 0 Å². The second-order valence-corrected chi connectivity index (χ2v) is 23.6. The van der Waals surface area contributed by atoms with Gasteiger partial charge in [-0.25, -0.2) is 14.4 Å². The number of ether oxygens (including phenoxy) is 6. The largest absolute Gasteiger partial charge is 0.507 e. The van der Waals surface area contributed by atoms with Crippen LogP contribution in [0.15, 0.2) is 84.9 Å². The number of phenols is 24. The van der Waals surface area contributed by atoms with Gasteiger partial charge in [-0.1, -0.05) is 0 Å². The molecule has 24 N–H and O–H groups in total. The third-order valence-corrected chi connectivity index (χ3v) is 17.2. The van der Waals surface area contributed by atoms with E-state index < -0.39 is 286 Å². The topological polar surface area (TPSA) is 592 Å². The molecule has 0 unspecified atom stereocenters. The lowest BCUT2D eigenvalue weighted by molar-refractivity contribution is -0.0197. The molecule has 524 valence electrons. The summed E-state index contributed by atoms with van der Waals surface area (Å²) in [7, 11) is 0. The molecule has 0 aromatic heterocycles. The molecule has 3 aliphatic rings. The number of rotatable bonds is 13. The highest BCUT2D eigenvalue weighted by molar-refractivity contribution is 5.93. The highest BCUT2D eigenvalue weighted by Crippen LogP contribution is 2.57. The Morgan fingerprint density at radius 1 is 0.267 bits per heavy atom. The van der Waals surface area contributed by atoms with E-state index in [9.17, 15) is 137 Å². The molecule has 0 bridgehead atoms. The molecule has 33 heteroatoms. The van der Waals surface area contributed by atoms with Crippen molar-refractivity contribution < 1.29 is 165 Å². The predicted molar refractivity (Wildman–Crippen MR) is 332 cm³/mol. The lowest BCUT2D eigenvalue weighted by atomic mass is 9.84. The Morgan fingerprint density at radius 2 is 0.505 bits per heavy atom. The number of hydrogen-bond acceptors (Lipinski definition) is 33. The molecule has 3 heterocycles. The highest BCUT2D eigenvalue weighted by atomic mass is 16.6. The normalized spacial score (nSPS) is 17.4. The summed E-state index contributed by atoms with van der Waals surface area (Å²) < 4.78 is 37.0. The number of aromatic hydroxyl groups is 24. The fourth-order valence-electron chi connectivity index (χ4n) is 12.2. The van der Waals surface area contributed by atoms with Gasteiger partial charge in [0.05, 0.1) is 16.7 Å². The zero-order valence-electron chi connectivity index (χ0n) is 51.0. The maximum Gasteiger partial charge on any atom is 0.338 e. The standard InChI is InChI=1S/C68H54O33/c69-33-18-35(71)28-15-49(96-66(93)23-7-43(79)57(90)44(80)8-23)60(20-1-37(73)54(87)38(74)2-20)99-63(28)26(33)13-30-52(85)31(65-32(53(30)86)17-51(62(101-65)22-5-41(77)56(89)42(78)6-22)98-68(95)25-11-47(83)59(92)48(84)12-25)14-27-34(70)19-36(72)29-16-50(97-67(94)24-9-45(81)58(91)46(82)10-24)61(100-64(27)29)21-3-39(75)55(88)40(76)4-21/h1-12,18-19,49-51,60-62,69-92H,13-17H2/t49-,50-,51-,60-,61-,62-/m1/s1. The number of phenolic OH excluding ortho intramolecular Hbond substituents is 24. The summed E-state index contributed by atoms with van der Waals surface area (Å²) in [6.07, 6.45) is -14.8. The fraction of sp³-hybridized carbons (Fsp3) is 0.162. The smallest absolute Gasteiger partial charge is 0.338 e. The first kappa shape index (κ1) is 67.0. The summed E-state index contributed by atoms with van der Waals surface area (Å²) in [5.74, 6) is -29.1. The number of carbonyl (C=O) groups excluding carboxylic acids is 3. The number of fused-ring (bicyclic) bond motifs is 3. The van der Waals surface area contributed by atoms with E-state index in [4.69, 9.17) is 28.4 Å². The lowest BCUT2D eigenvalue weighted by Gasteiger charge is -2.37. The zero-order valence-corrected chi connectivity index (χ0v) is 51.0. The first-order valence-electron chi connectivity index (χ1n) is 29.5. The van der Waals surface area contributed by atoms with Crippen LogP contribution in [0.5, 0.6) is 155 Å². The maximum absolute atomic E-state index is 14.2. The SMILES string of the molecule is O=C(O[C@@H]1Cc2c(O)cc(O)c(Cc3c(O)c(Cc4c(O)cc(O)c5c4O[C@H](c4cc(O)c(O)c(O)c4)[C@H](OC(=O)c4cc(O)c(O)c(O)c4)C5)c4c(c3O)C[C@@H](OC(=O)c3cc(O)c(O)c(O)c3)[C@@H](c3cc(O)c(O)c(O)c3)O4)c2O[C@@H]1c1cc(O)c(O)c(O)c1)c1cc(O)c(O)c(O)c1. The van der Waals surface area contributed by atoms with Crippen LogP contribution in [0, 0.1) is 0 Å². The molecular weight excluding hydrogens is 1340 g/mol. The molecule has 9 aromatic carbocycles. The van der Waals surface area contributed by atoms with E-state index in [2.05, 4.69) is 0 Å². The molecule has 12 rings (SSSR count). The zero-order chi connectivity index (χ0) is 73.0. The predicted octanol–water partition coefficient (Wildman–Crippen LogP) is 6.51. The summed E-state index contributed by atoms with van der Waals surface area (Å²) in [5.41, 5.74) is -5.96. The summed E-state index contributed by atoms with van der Waals surface area (Å²) in [6, 6.07) is 10.8. The quantitative estimate of drug-likeness (QED) is 0.0332. The van der Waals surface area contributed by atoms with Crippen LogP contribution >= 0.6 is 0 Å². The van der Waals surface area contributed by atoms with Crippen LogP contribution in [0.3, 0.4) is 0 Å². The summed E-state index contributed by atoms with van der Waals surface area (Å²) in [4.78, 5) is 41.9. The van der Waals surface area contributed by atoms with Gasteiger partial charge in [0.25, 0.3) is 0 Å². The first-order chi connectivity index (χ1) is 47.7. The minimum atomic E-state index is -1.87. The van der Waals surface area contributed by atoms with Crippen LogP contribution in [-0.2, 0) is 46.3 Å². The summed E-state index contributed by atoms with van der Waals surface area (Å²) >= 11 is 0. The van der Waals surface area contributed by atoms with Crippen molar-refractivity contribution in [2.24, 2.45) is 0 Å². The van der Waals surface area contributed by atoms with Crippen molar-refractivity contribution in [1.82, 2.24) is 0 Å². The molecule has 9 aromatic rings. The van der Waals surface area contributed by atoms with E-state index in [0.29, 0.717) is 36.4 Å². The van der Waals surface area contributed by atoms with E-state index in [1.54, 1.807) is 0 Å². The Kier molecular flexibility index (Phi) is 16.5. The van der Waals surface area contributed by atoms with E-state index in [0.717, 1.165) is 48.5 Å². The molecule has 0 spiro atoms.